The first kappa shape index (κ1) is 21.1. The van der Waals surface area contributed by atoms with Gasteiger partial charge in [0.25, 0.3) is 0 Å². The largest absolute Gasteiger partial charge is 0.493 e. The van der Waals surface area contributed by atoms with Crippen LogP contribution in [0.25, 0.3) is 0 Å². The van der Waals surface area contributed by atoms with Gasteiger partial charge >= 0.3 is 5.97 Å². The molecule has 2 N–H and O–H groups in total. The summed E-state index contributed by atoms with van der Waals surface area (Å²) in [7, 11) is 1.53. The molecule has 28 heavy (non-hydrogen) atoms. The molecule has 0 aliphatic heterocycles. The van der Waals surface area contributed by atoms with Crippen LogP contribution in [-0.4, -0.2) is 13.1 Å². The smallest absolute Gasteiger partial charge is 0.340 e. The molecule has 0 bridgehead atoms. The molecule has 0 heterocycles. The number of anilines is 1. The van der Waals surface area contributed by atoms with Crippen molar-refractivity contribution in [2.75, 3.05) is 12.8 Å². The SMILES string of the molecule is COc1cc(N)c(C(=O)OCc2ccccc2)cc1OCc1ccccc1.Cl. The first-order valence-corrected chi connectivity index (χ1v) is 8.52. The van der Waals surface area contributed by atoms with Crippen molar-refractivity contribution >= 4 is 24.1 Å². The summed E-state index contributed by atoms with van der Waals surface area (Å²) in [5.41, 5.74) is 8.43. The normalized spacial score (nSPS) is 9.89. The number of esters is 1. The van der Waals surface area contributed by atoms with E-state index in [0.717, 1.165) is 11.1 Å². The molecule has 0 aromatic heterocycles. The number of methoxy groups -OCH3 is 1. The fourth-order valence-corrected chi connectivity index (χ4v) is 2.56. The monoisotopic (exact) mass is 399 g/mol. The van der Waals surface area contributed by atoms with Crippen molar-refractivity contribution in [3.63, 3.8) is 0 Å². The van der Waals surface area contributed by atoms with Crippen LogP contribution >= 0.6 is 12.4 Å². The molecule has 0 saturated heterocycles. The van der Waals surface area contributed by atoms with E-state index in [1.165, 1.54) is 7.11 Å². The van der Waals surface area contributed by atoms with Crippen LogP contribution in [0.1, 0.15) is 21.5 Å². The highest BCUT2D eigenvalue weighted by Gasteiger charge is 2.17. The van der Waals surface area contributed by atoms with Gasteiger partial charge in [-0.2, -0.15) is 0 Å². The number of ether oxygens (including phenoxy) is 3. The van der Waals surface area contributed by atoms with Gasteiger partial charge in [0.1, 0.15) is 13.2 Å². The first-order chi connectivity index (χ1) is 13.2. The Labute approximate surface area is 170 Å². The number of carbonyl (C=O) groups excluding carboxylic acids is 1. The molecular weight excluding hydrogens is 378 g/mol. The van der Waals surface area contributed by atoms with Crippen LogP contribution in [0, 0.1) is 0 Å². The van der Waals surface area contributed by atoms with Crippen molar-refractivity contribution in [3.05, 3.63) is 89.5 Å². The maximum Gasteiger partial charge on any atom is 0.340 e. The lowest BCUT2D eigenvalue weighted by Gasteiger charge is -2.14. The second-order valence-electron chi connectivity index (χ2n) is 5.93. The summed E-state index contributed by atoms with van der Waals surface area (Å²) in [5.74, 6) is 0.383. The lowest BCUT2D eigenvalue weighted by molar-refractivity contribution is 0.0473. The van der Waals surface area contributed by atoms with Gasteiger partial charge in [-0.15, -0.1) is 12.4 Å². The molecule has 3 rings (SSSR count). The zero-order chi connectivity index (χ0) is 19.1. The Hall–Kier alpha value is -3.18. The van der Waals surface area contributed by atoms with E-state index < -0.39 is 5.97 Å². The van der Waals surface area contributed by atoms with Crippen molar-refractivity contribution in [1.29, 1.82) is 0 Å². The Morgan fingerprint density at radius 2 is 1.43 bits per heavy atom. The molecule has 0 atom stereocenters. The number of benzene rings is 3. The van der Waals surface area contributed by atoms with Crippen molar-refractivity contribution in [3.8, 4) is 11.5 Å². The third-order valence-electron chi connectivity index (χ3n) is 4.01. The van der Waals surface area contributed by atoms with Gasteiger partial charge in [-0.25, -0.2) is 4.79 Å². The lowest BCUT2D eigenvalue weighted by atomic mass is 10.1. The quantitative estimate of drug-likeness (QED) is 0.463. The summed E-state index contributed by atoms with van der Waals surface area (Å²) in [6.07, 6.45) is 0. The summed E-state index contributed by atoms with van der Waals surface area (Å²) >= 11 is 0. The standard InChI is InChI=1S/C22H21NO4.ClH/c1-25-20-13-19(23)18(22(24)27-15-17-10-6-3-7-11-17)12-21(20)26-14-16-8-4-2-5-9-16;/h2-13H,14-15,23H2,1H3;1H. The van der Waals surface area contributed by atoms with Crippen LogP contribution in [0.15, 0.2) is 72.8 Å². The molecule has 3 aromatic carbocycles. The minimum Gasteiger partial charge on any atom is -0.493 e. The van der Waals surface area contributed by atoms with E-state index in [9.17, 15) is 4.79 Å². The fourth-order valence-electron chi connectivity index (χ4n) is 2.56. The summed E-state index contributed by atoms with van der Waals surface area (Å²) < 4.78 is 16.5. The Morgan fingerprint density at radius 3 is 2.00 bits per heavy atom. The van der Waals surface area contributed by atoms with Crippen LogP contribution in [0.2, 0.25) is 0 Å². The van der Waals surface area contributed by atoms with Gasteiger partial charge in [-0.1, -0.05) is 60.7 Å². The van der Waals surface area contributed by atoms with Crippen LogP contribution < -0.4 is 15.2 Å². The molecular formula is C22H22ClNO4. The Bertz CT molecular complexity index is 901. The molecule has 0 aliphatic rings. The van der Waals surface area contributed by atoms with E-state index in [1.807, 2.05) is 60.7 Å². The van der Waals surface area contributed by atoms with Gasteiger partial charge in [0.15, 0.2) is 11.5 Å². The lowest BCUT2D eigenvalue weighted by Crippen LogP contribution is -2.09. The zero-order valence-corrected chi connectivity index (χ0v) is 16.3. The molecule has 146 valence electrons. The predicted octanol–water partition coefficient (Wildman–Crippen LogP) is 4.64. The Morgan fingerprint density at radius 1 is 0.857 bits per heavy atom. The number of carbonyl (C=O) groups is 1. The van der Waals surface area contributed by atoms with Crippen LogP contribution in [0.4, 0.5) is 5.69 Å². The summed E-state index contributed by atoms with van der Waals surface area (Å²) in [6, 6.07) is 22.3. The van der Waals surface area contributed by atoms with Gasteiger partial charge in [-0.3, -0.25) is 0 Å². The minimum atomic E-state index is -0.511. The van der Waals surface area contributed by atoms with E-state index in [1.54, 1.807) is 12.1 Å². The Kier molecular flexibility index (Phi) is 7.72. The molecule has 0 amide bonds. The van der Waals surface area contributed by atoms with Gasteiger partial charge in [-0.05, 0) is 11.1 Å². The molecule has 0 saturated carbocycles. The van der Waals surface area contributed by atoms with E-state index in [-0.39, 0.29) is 30.3 Å². The highest BCUT2D eigenvalue weighted by atomic mass is 35.5. The molecule has 3 aromatic rings. The molecule has 6 heteroatoms. The van der Waals surface area contributed by atoms with Gasteiger partial charge in [0.2, 0.25) is 0 Å². The maximum atomic E-state index is 12.5. The summed E-state index contributed by atoms with van der Waals surface area (Å²) in [6.45, 7) is 0.519. The molecule has 5 nitrogen and oxygen atoms in total. The zero-order valence-electron chi connectivity index (χ0n) is 15.5. The molecule has 0 aliphatic carbocycles. The number of nitrogen functional groups attached to an aromatic ring is 1. The van der Waals surface area contributed by atoms with Gasteiger partial charge in [0, 0.05) is 12.1 Å². The second-order valence-corrected chi connectivity index (χ2v) is 5.93. The highest BCUT2D eigenvalue weighted by molar-refractivity contribution is 5.96. The fraction of sp³-hybridized carbons (Fsp3) is 0.136. The van der Waals surface area contributed by atoms with Crippen LogP contribution in [0.5, 0.6) is 11.5 Å². The number of nitrogens with two attached hydrogens (primary N) is 1. The predicted molar refractivity (Wildman–Crippen MR) is 111 cm³/mol. The average molecular weight is 400 g/mol. The highest BCUT2D eigenvalue weighted by Crippen LogP contribution is 2.33. The molecule has 0 spiro atoms. The Balaban J connectivity index is 0.00000280. The van der Waals surface area contributed by atoms with Crippen molar-refractivity contribution in [2.45, 2.75) is 13.2 Å². The van der Waals surface area contributed by atoms with Crippen molar-refractivity contribution in [2.24, 2.45) is 0 Å². The van der Waals surface area contributed by atoms with E-state index in [2.05, 4.69) is 0 Å². The molecule has 0 radical (unpaired) electrons. The van der Waals surface area contributed by atoms with E-state index >= 15 is 0 Å². The summed E-state index contributed by atoms with van der Waals surface area (Å²) in [4.78, 5) is 12.5. The molecule has 0 unspecified atom stereocenters. The minimum absolute atomic E-state index is 0. The first-order valence-electron chi connectivity index (χ1n) is 8.52. The van der Waals surface area contributed by atoms with Gasteiger partial charge < -0.3 is 19.9 Å². The van der Waals surface area contributed by atoms with Crippen molar-refractivity contribution in [1.82, 2.24) is 0 Å². The number of hydrogen-bond acceptors (Lipinski definition) is 5. The van der Waals surface area contributed by atoms with Crippen molar-refractivity contribution < 1.29 is 19.0 Å². The van der Waals surface area contributed by atoms with E-state index in [4.69, 9.17) is 19.9 Å². The van der Waals surface area contributed by atoms with Gasteiger partial charge in [0.05, 0.1) is 18.4 Å². The number of halogens is 1. The average Bonchev–Trinajstić information content (AvgIpc) is 2.72. The van der Waals surface area contributed by atoms with E-state index in [0.29, 0.717) is 18.1 Å². The number of hydrogen-bond donors (Lipinski definition) is 1. The third-order valence-corrected chi connectivity index (χ3v) is 4.01. The molecule has 0 fully saturated rings. The topological polar surface area (TPSA) is 70.8 Å². The summed E-state index contributed by atoms with van der Waals surface area (Å²) in [5, 5.41) is 0. The number of rotatable bonds is 7. The second kappa shape index (κ2) is 10.2. The maximum absolute atomic E-state index is 12.5. The van der Waals surface area contributed by atoms with Crippen LogP contribution in [0.3, 0.4) is 0 Å². The third kappa shape index (κ3) is 5.41. The van der Waals surface area contributed by atoms with Crippen LogP contribution in [-0.2, 0) is 18.0 Å².